The van der Waals surface area contributed by atoms with Gasteiger partial charge in [-0.1, -0.05) is 18.2 Å². The lowest BCUT2D eigenvalue weighted by Gasteiger charge is -2.22. The number of hydrogen-bond acceptors (Lipinski definition) is 3. The summed E-state index contributed by atoms with van der Waals surface area (Å²) < 4.78 is 0.909. The molecule has 1 aromatic rings. The van der Waals surface area contributed by atoms with Gasteiger partial charge in [-0.3, -0.25) is 9.97 Å². The van der Waals surface area contributed by atoms with Gasteiger partial charge in [-0.25, -0.2) is 19.0 Å². The summed E-state index contributed by atoms with van der Waals surface area (Å²) in [5.41, 5.74) is -2.85. The molecule has 0 saturated heterocycles. The monoisotopic (exact) mass is 249 g/mol. The van der Waals surface area contributed by atoms with Gasteiger partial charge in [0.2, 0.25) is 0 Å². The van der Waals surface area contributed by atoms with E-state index in [0.29, 0.717) is 6.42 Å². The number of allylic oxidation sites excluding steroid dienone is 3. The van der Waals surface area contributed by atoms with Crippen LogP contribution in [0.25, 0.3) is 0 Å². The maximum Gasteiger partial charge on any atom is 0.333 e. The number of H-pyrrole nitrogens is 2. The van der Waals surface area contributed by atoms with E-state index in [9.17, 15) is 14.4 Å². The minimum atomic E-state index is -0.816. The smallest absolute Gasteiger partial charge is 0.259 e. The molecule has 96 valence electrons. The first kappa shape index (κ1) is 13.7. The van der Waals surface area contributed by atoms with Crippen molar-refractivity contribution in [2.45, 2.75) is 13.0 Å². The van der Waals surface area contributed by atoms with E-state index >= 15 is 0 Å². The van der Waals surface area contributed by atoms with Crippen LogP contribution in [0.2, 0.25) is 0 Å². The lowest BCUT2D eigenvalue weighted by Crippen LogP contribution is -2.43. The largest absolute Gasteiger partial charge is 0.333 e. The van der Waals surface area contributed by atoms with Crippen molar-refractivity contribution in [2.24, 2.45) is 5.41 Å². The van der Waals surface area contributed by atoms with Crippen molar-refractivity contribution in [1.29, 1.82) is 0 Å². The van der Waals surface area contributed by atoms with Crippen LogP contribution in [0.15, 0.2) is 52.3 Å². The van der Waals surface area contributed by atoms with Crippen molar-refractivity contribution in [3.8, 4) is 0 Å². The van der Waals surface area contributed by atoms with E-state index in [1.54, 1.807) is 18.2 Å². The van der Waals surface area contributed by atoms with E-state index in [4.69, 9.17) is 0 Å². The number of nitrogens with zero attached hydrogens (tertiary/aromatic N) is 1. The predicted octanol–water partition coefficient (Wildman–Crippen LogP) is 0.159. The fourth-order valence-corrected chi connectivity index (χ4v) is 1.52. The predicted molar refractivity (Wildman–Crippen MR) is 69.6 cm³/mol. The molecule has 2 N–H and O–H groups in total. The number of aromatic nitrogens is 3. The molecule has 1 aromatic heterocycles. The van der Waals surface area contributed by atoms with Crippen LogP contribution in [0.5, 0.6) is 0 Å². The van der Waals surface area contributed by atoms with Gasteiger partial charge in [0.05, 0.1) is 0 Å². The van der Waals surface area contributed by atoms with Crippen LogP contribution in [-0.4, -0.2) is 14.5 Å². The zero-order valence-corrected chi connectivity index (χ0v) is 9.94. The average molecular weight is 249 g/mol. The summed E-state index contributed by atoms with van der Waals surface area (Å²) in [5, 5.41) is 0. The standard InChI is InChI=1S/C12H15N3O3/c1-4-12(5-2,6-3)7-8-15-10(17)13-9(16)14-11(15)18/h4-6H,1-3,7-8H2,(H2,13,14,16,17,18). The van der Waals surface area contributed by atoms with Gasteiger partial charge >= 0.3 is 17.1 Å². The molecule has 0 atom stereocenters. The fourth-order valence-electron chi connectivity index (χ4n) is 1.52. The van der Waals surface area contributed by atoms with E-state index in [0.717, 1.165) is 4.57 Å². The molecule has 1 rings (SSSR count). The maximum absolute atomic E-state index is 11.5. The highest BCUT2D eigenvalue weighted by atomic mass is 16.2. The molecule has 0 radical (unpaired) electrons. The van der Waals surface area contributed by atoms with E-state index < -0.39 is 22.5 Å². The van der Waals surface area contributed by atoms with Crippen LogP contribution >= 0.6 is 0 Å². The van der Waals surface area contributed by atoms with Crippen LogP contribution in [0.4, 0.5) is 0 Å². The van der Waals surface area contributed by atoms with Crippen molar-refractivity contribution in [1.82, 2.24) is 14.5 Å². The van der Waals surface area contributed by atoms with Gasteiger partial charge in [0.15, 0.2) is 0 Å². The minimum Gasteiger partial charge on any atom is -0.259 e. The second-order valence-corrected chi connectivity index (χ2v) is 3.82. The fraction of sp³-hybridized carbons (Fsp3) is 0.250. The molecule has 18 heavy (non-hydrogen) atoms. The Labute approximate surface area is 103 Å². The quantitative estimate of drug-likeness (QED) is 0.704. The number of nitrogens with one attached hydrogen (secondary N) is 2. The van der Waals surface area contributed by atoms with Gasteiger partial charge in [0.25, 0.3) is 0 Å². The Hall–Kier alpha value is -2.37. The number of rotatable bonds is 6. The minimum absolute atomic E-state index is 0.120. The van der Waals surface area contributed by atoms with Crippen molar-refractivity contribution in [3.63, 3.8) is 0 Å². The molecule has 0 unspecified atom stereocenters. The zero-order chi connectivity index (χ0) is 13.8. The highest BCUT2D eigenvalue weighted by Crippen LogP contribution is 2.26. The topological polar surface area (TPSA) is 87.7 Å². The molecule has 0 spiro atoms. The van der Waals surface area contributed by atoms with Crippen LogP contribution in [0.3, 0.4) is 0 Å². The summed E-state index contributed by atoms with van der Waals surface area (Å²) in [6.45, 7) is 11.1. The Morgan fingerprint density at radius 2 is 1.44 bits per heavy atom. The highest BCUT2D eigenvalue weighted by molar-refractivity contribution is 5.15. The van der Waals surface area contributed by atoms with Crippen LogP contribution in [0.1, 0.15) is 6.42 Å². The molecular weight excluding hydrogens is 234 g/mol. The summed E-state index contributed by atoms with van der Waals surface area (Å²) >= 11 is 0. The molecule has 0 fully saturated rings. The second-order valence-electron chi connectivity index (χ2n) is 3.82. The molecule has 0 bridgehead atoms. The summed E-state index contributed by atoms with van der Waals surface area (Å²) in [6, 6.07) is 0. The van der Waals surface area contributed by atoms with Gasteiger partial charge in [0.1, 0.15) is 0 Å². The van der Waals surface area contributed by atoms with Crippen LogP contribution in [-0.2, 0) is 6.54 Å². The molecule has 0 aliphatic rings. The number of aromatic amines is 2. The Morgan fingerprint density at radius 3 is 1.83 bits per heavy atom. The summed E-state index contributed by atoms with van der Waals surface area (Å²) in [7, 11) is 0. The SMILES string of the molecule is C=CC(C=C)(C=C)CCn1c(=O)[nH]c(=O)[nH]c1=O. The molecule has 1 heterocycles. The Balaban J connectivity index is 3.08. The van der Waals surface area contributed by atoms with Crippen LogP contribution < -0.4 is 17.1 Å². The Morgan fingerprint density at radius 1 is 1.00 bits per heavy atom. The van der Waals surface area contributed by atoms with Gasteiger partial charge < -0.3 is 0 Å². The third-order valence-corrected chi connectivity index (χ3v) is 2.84. The van der Waals surface area contributed by atoms with Gasteiger partial charge in [0, 0.05) is 12.0 Å². The van der Waals surface area contributed by atoms with Gasteiger partial charge in [-0.2, -0.15) is 0 Å². The first-order chi connectivity index (χ1) is 8.48. The third-order valence-electron chi connectivity index (χ3n) is 2.84. The molecule has 0 amide bonds. The first-order valence-electron chi connectivity index (χ1n) is 5.32. The molecule has 0 aromatic carbocycles. The van der Waals surface area contributed by atoms with Gasteiger partial charge in [-0.05, 0) is 6.42 Å². The summed E-state index contributed by atoms with van der Waals surface area (Å²) in [6.07, 6.45) is 5.31. The van der Waals surface area contributed by atoms with E-state index in [2.05, 4.69) is 19.7 Å². The molecule has 6 heteroatoms. The molecular formula is C12H15N3O3. The lowest BCUT2D eigenvalue weighted by molar-refractivity contribution is 0.471. The zero-order valence-electron chi connectivity index (χ0n) is 9.94. The average Bonchev–Trinajstić information content (AvgIpc) is 2.33. The molecule has 0 aliphatic heterocycles. The summed E-state index contributed by atoms with van der Waals surface area (Å²) in [4.78, 5) is 37.7. The van der Waals surface area contributed by atoms with Crippen molar-refractivity contribution < 1.29 is 0 Å². The Kier molecular flexibility index (Phi) is 4.04. The van der Waals surface area contributed by atoms with Crippen molar-refractivity contribution in [2.75, 3.05) is 0 Å². The van der Waals surface area contributed by atoms with Crippen molar-refractivity contribution in [3.05, 3.63) is 69.4 Å². The van der Waals surface area contributed by atoms with E-state index in [1.807, 2.05) is 9.97 Å². The molecule has 0 aliphatic carbocycles. The maximum atomic E-state index is 11.5. The van der Waals surface area contributed by atoms with E-state index in [1.165, 1.54) is 0 Å². The second kappa shape index (κ2) is 5.31. The van der Waals surface area contributed by atoms with Gasteiger partial charge in [-0.15, -0.1) is 19.7 Å². The normalized spacial score (nSPS) is 10.9. The number of hydrogen-bond donors (Lipinski definition) is 2. The van der Waals surface area contributed by atoms with Crippen LogP contribution in [0, 0.1) is 5.41 Å². The lowest BCUT2D eigenvalue weighted by atomic mass is 9.85. The molecule has 0 saturated carbocycles. The van der Waals surface area contributed by atoms with Crippen molar-refractivity contribution >= 4 is 0 Å². The molecule has 6 nitrogen and oxygen atoms in total. The first-order valence-corrected chi connectivity index (χ1v) is 5.32. The van der Waals surface area contributed by atoms with E-state index in [-0.39, 0.29) is 6.54 Å². The third kappa shape index (κ3) is 2.65. The Bertz CT molecular complexity index is 577. The summed E-state index contributed by atoms with van der Waals surface area (Å²) in [5.74, 6) is 0. The highest BCUT2D eigenvalue weighted by Gasteiger charge is 2.18.